The fourth-order valence-electron chi connectivity index (χ4n) is 4.09. The van der Waals surface area contributed by atoms with E-state index in [0.717, 1.165) is 74.5 Å². The van der Waals surface area contributed by atoms with Crippen molar-refractivity contribution in [2.45, 2.75) is 38.7 Å². The van der Waals surface area contributed by atoms with Gasteiger partial charge in [-0.2, -0.15) is 4.37 Å². The van der Waals surface area contributed by atoms with Gasteiger partial charge in [-0.3, -0.25) is 0 Å². The third-order valence-electron chi connectivity index (χ3n) is 5.78. The van der Waals surface area contributed by atoms with Crippen molar-refractivity contribution in [3.8, 4) is 0 Å². The highest BCUT2D eigenvalue weighted by molar-refractivity contribution is 14.0. The highest BCUT2D eigenvalue weighted by Crippen LogP contribution is 2.36. The number of halogens is 1. The van der Waals surface area contributed by atoms with Crippen LogP contribution in [-0.2, 0) is 18.4 Å². The molecule has 9 heteroatoms. The zero-order valence-corrected chi connectivity index (χ0v) is 20.8. The predicted molar refractivity (Wildman–Crippen MR) is 133 cm³/mol. The molecule has 1 atom stereocenters. The lowest BCUT2D eigenvalue weighted by Gasteiger charge is -2.36. The Morgan fingerprint density at radius 2 is 2.00 bits per heavy atom. The first kappa shape index (κ1) is 23.2. The van der Waals surface area contributed by atoms with E-state index in [-0.39, 0.29) is 24.0 Å². The minimum absolute atomic E-state index is 0. The monoisotopic (exact) mass is 542 g/mol. The molecule has 1 unspecified atom stereocenters. The van der Waals surface area contributed by atoms with Gasteiger partial charge in [0.15, 0.2) is 5.96 Å². The maximum absolute atomic E-state index is 11.2. The minimum Gasteiger partial charge on any atom is -0.383 e. The summed E-state index contributed by atoms with van der Waals surface area (Å²) in [6.07, 6.45) is 2.53. The summed E-state index contributed by atoms with van der Waals surface area (Å²) in [5, 5.41) is 15.6. The van der Waals surface area contributed by atoms with Gasteiger partial charge in [-0.25, -0.2) is 9.98 Å². The van der Waals surface area contributed by atoms with Crippen LogP contribution >= 0.6 is 35.5 Å². The zero-order chi connectivity index (χ0) is 20.3. The Balaban J connectivity index is 0.00000256. The molecule has 2 aromatic rings. The highest BCUT2D eigenvalue weighted by atomic mass is 127. The van der Waals surface area contributed by atoms with E-state index in [1.165, 1.54) is 17.1 Å². The number of nitrogens with zero attached hydrogens (tertiary/aromatic N) is 5. The number of fused-ring (bicyclic) bond motifs is 1. The van der Waals surface area contributed by atoms with E-state index in [1.807, 2.05) is 18.2 Å². The van der Waals surface area contributed by atoms with Gasteiger partial charge in [-0.1, -0.05) is 31.2 Å². The molecular weight excluding hydrogens is 511 g/mol. The summed E-state index contributed by atoms with van der Waals surface area (Å²) >= 11 is 1.49. The number of hydrogen-bond acceptors (Lipinski definition) is 6. The van der Waals surface area contributed by atoms with Crippen molar-refractivity contribution in [2.75, 3.05) is 44.2 Å². The summed E-state index contributed by atoms with van der Waals surface area (Å²) < 4.78 is 4.40. The zero-order valence-electron chi connectivity index (χ0n) is 17.7. The first-order chi connectivity index (χ1) is 14.1. The summed E-state index contributed by atoms with van der Waals surface area (Å²) in [6.45, 7) is 8.92. The smallest absolute Gasteiger partial charge is 0.205 e. The lowest BCUT2D eigenvalue weighted by Crippen LogP contribution is -2.53. The summed E-state index contributed by atoms with van der Waals surface area (Å²) in [6, 6.07) is 8.19. The third kappa shape index (κ3) is 4.88. The van der Waals surface area contributed by atoms with Gasteiger partial charge in [-0.15, -0.1) is 24.0 Å². The van der Waals surface area contributed by atoms with Crippen molar-refractivity contribution >= 4 is 46.6 Å². The van der Waals surface area contributed by atoms with Gasteiger partial charge in [0.25, 0.3) is 0 Å². The number of nitrogens with one attached hydrogen (secondary N) is 1. The van der Waals surface area contributed by atoms with Gasteiger partial charge in [0, 0.05) is 50.7 Å². The molecule has 1 fully saturated rings. The molecule has 2 aliphatic rings. The molecule has 7 nitrogen and oxygen atoms in total. The molecule has 0 bridgehead atoms. The van der Waals surface area contributed by atoms with Crippen LogP contribution in [0.2, 0.25) is 0 Å². The number of rotatable bonds is 5. The van der Waals surface area contributed by atoms with Crippen molar-refractivity contribution < 1.29 is 5.11 Å². The molecule has 1 aliphatic heterocycles. The van der Waals surface area contributed by atoms with Crippen molar-refractivity contribution in [3.05, 3.63) is 41.2 Å². The second-order valence-corrected chi connectivity index (χ2v) is 8.41. The van der Waals surface area contributed by atoms with E-state index in [4.69, 9.17) is 4.99 Å². The van der Waals surface area contributed by atoms with Crippen LogP contribution in [-0.4, -0.2) is 64.6 Å². The normalized spacial score (nSPS) is 21.4. The lowest BCUT2D eigenvalue weighted by molar-refractivity contribution is 0.0482. The maximum atomic E-state index is 11.2. The molecular formula is C21H31IN6OS. The number of aliphatic imine (C=N–C) groups is 1. The molecule has 1 aromatic carbocycles. The Hall–Kier alpha value is -1.46. The van der Waals surface area contributed by atoms with Crippen LogP contribution in [0, 0.1) is 0 Å². The van der Waals surface area contributed by atoms with Crippen molar-refractivity contribution in [2.24, 2.45) is 4.99 Å². The van der Waals surface area contributed by atoms with Gasteiger partial charge in [0.05, 0.1) is 6.54 Å². The Kier molecular flexibility index (Phi) is 7.92. The molecule has 0 spiro atoms. The van der Waals surface area contributed by atoms with E-state index in [0.29, 0.717) is 6.54 Å². The number of anilines is 1. The van der Waals surface area contributed by atoms with E-state index < -0.39 is 5.60 Å². The fourth-order valence-corrected chi connectivity index (χ4v) is 4.89. The summed E-state index contributed by atoms with van der Waals surface area (Å²) in [5.74, 6) is 1.81. The van der Waals surface area contributed by atoms with Crippen LogP contribution in [0.5, 0.6) is 0 Å². The number of aliphatic hydroxyl groups is 1. The van der Waals surface area contributed by atoms with Crippen LogP contribution in [0.15, 0.2) is 29.3 Å². The van der Waals surface area contributed by atoms with Gasteiger partial charge in [0.1, 0.15) is 11.4 Å². The van der Waals surface area contributed by atoms with E-state index in [2.05, 4.69) is 44.4 Å². The molecule has 1 saturated heterocycles. The number of piperazine rings is 1. The first-order valence-corrected chi connectivity index (χ1v) is 11.3. The first-order valence-electron chi connectivity index (χ1n) is 10.5. The van der Waals surface area contributed by atoms with E-state index in [9.17, 15) is 5.11 Å². The lowest BCUT2D eigenvalue weighted by atomic mass is 9.96. The second kappa shape index (κ2) is 10.2. The van der Waals surface area contributed by atoms with Crippen molar-refractivity contribution in [1.29, 1.82) is 0 Å². The average molecular weight is 542 g/mol. The largest absolute Gasteiger partial charge is 0.383 e. The van der Waals surface area contributed by atoms with Gasteiger partial charge < -0.3 is 20.2 Å². The highest BCUT2D eigenvalue weighted by Gasteiger charge is 2.36. The van der Waals surface area contributed by atoms with E-state index >= 15 is 0 Å². The van der Waals surface area contributed by atoms with Crippen LogP contribution in [0.1, 0.15) is 37.2 Å². The van der Waals surface area contributed by atoms with Crippen LogP contribution in [0.3, 0.4) is 0 Å². The number of aryl methyl sites for hydroxylation is 2. The van der Waals surface area contributed by atoms with Crippen LogP contribution < -0.4 is 10.2 Å². The Morgan fingerprint density at radius 1 is 1.23 bits per heavy atom. The molecule has 1 aromatic heterocycles. The molecule has 2 N–H and O–H groups in total. The van der Waals surface area contributed by atoms with Crippen molar-refractivity contribution in [1.82, 2.24) is 19.6 Å². The average Bonchev–Trinajstić information content (AvgIpc) is 3.37. The molecule has 164 valence electrons. The van der Waals surface area contributed by atoms with Crippen LogP contribution in [0.4, 0.5) is 5.13 Å². The number of aromatic nitrogens is 2. The van der Waals surface area contributed by atoms with Crippen molar-refractivity contribution in [3.63, 3.8) is 0 Å². The minimum atomic E-state index is -0.859. The number of guanidine groups is 1. The molecule has 1 aliphatic carbocycles. The maximum Gasteiger partial charge on any atom is 0.205 e. The van der Waals surface area contributed by atoms with Crippen LogP contribution in [0.25, 0.3) is 0 Å². The Bertz CT molecular complexity index is 867. The predicted octanol–water partition coefficient (Wildman–Crippen LogP) is 2.64. The fraction of sp³-hybridized carbons (Fsp3) is 0.571. The third-order valence-corrected chi connectivity index (χ3v) is 6.59. The van der Waals surface area contributed by atoms with Gasteiger partial charge in [-0.05, 0) is 30.9 Å². The SMILES string of the molecule is CCNC(=NCC1(O)CCc2ccccc21)N1CCN(c2nc(CC)ns2)CC1.I. The summed E-state index contributed by atoms with van der Waals surface area (Å²) in [5.41, 5.74) is 1.42. The Morgan fingerprint density at radius 3 is 2.70 bits per heavy atom. The Labute approximate surface area is 199 Å². The number of benzene rings is 1. The molecule has 30 heavy (non-hydrogen) atoms. The molecule has 4 rings (SSSR count). The van der Waals surface area contributed by atoms with Gasteiger partial charge >= 0.3 is 0 Å². The topological polar surface area (TPSA) is 76.9 Å². The van der Waals surface area contributed by atoms with E-state index in [1.54, 1.807) is 0 Å². The second-order valence-electron chi connectivity index (χ2n) is 7.68. The molecule has 2 heterocycles. The quantitative estimate of drug-likeness (QED) is 0.344. The number of hydrogen-bond donors (Lipinski definition) is 2. The molecule has 0 amide bonds. The summed E-state index contributed by atoms with van der Waals surface area (Å²) in [7, 11) is 0. The van der Waals surface area contributed by atoms with Gasteiger partial charge in [0.2, 0.25) is 5.13 Å². The molecule has 0 radical (unpaired) electrons. The molecule has 0 saturated carbocycles. The standard InChI is InChI=1S/C21H30N6OS.HI/c1-3-18-24-20(29-25-18)27-13-11-26(12-14-27)19(22-4-2)23-15-21(28)10-9-16-7-5-6-8-17(16)21;/h5-8,28H,3-4,9-15H2,1-2H3,(H,22,23);1H. The summed E-state index contributed by atoms with van der Waals surface area (Å²) in [4.78, 5) is 14.0.